The number of ether oxygens (including phenoxy) is 3. The van der Waals surface area contributed by atoms with Crippen molar-refractivity contribution in [1.82, 2.24) is 19.7 Å². The van der Waals surface area contributed by atoms with Gasteiger partial charge < -0.3 is 23.0 Å². The van der Waals surface area contributed by atoms with Gasteiger partial charge in [0.05, 0.1) is 31.3 Å². The van der Waals surface area contributed by atoms with Gasteiger partial charge in [-0.1, -0.05) is 12.1 Å². The summed E-state index contributed by atoms with van der Waals surface area (Å²) >= 11 is 0. The lowest BCUT2D eigenvalue weighted by atomic mass is 10.2. The van der Waals surface area contributed by atoms with E-state index in [1.54, 1.807) is 7.11 Å². The minimum absolute atomic E-state index is 0.142. The maximum atomic E-state index is 12.2. The van der Waals surface area contributed by atoms with Crippen LogP contribution >= 0.6 is 0 Å². The molecule has 0 saturated carbocycles. The zero-order valence-electron chi connectivity index (χ0n) is 17.2. The predicted molar refractivity (Wildman–Crippen MR) is 108 cm³/mol. The van der Waals surface area contributed by atoms with Crippen LogP contribution in [0.25, 0.3) is 5.95 Å². The van der Waals surface area contributed by atoms with Crippen molar-refractivity contribution in [3.63, 3.8) is 0 Å². The zero-order valence-corrected chi connectivity index (χ0v) is 17.2. The highest BCUT2D eigenvalue weighted by Crippen LogP contribution is 2.16. The van der Waals surface area contributed by atoms with Crippen molar-refractivity contribution >= 4 is 5.97 Å². The Morgan fingerprint density at radius 3 is 2.62 bits per heavy atom. The van der Waals surface area contributed by atoms with Gasteiger partial charge >= 0.3 is 11.8 Å². The van der Waals surface area contributed by atoms with Crippen molar-refractivity contribution in [1.29, 1.82) is 0 Å². The summed E-state index contributed by atoms with van der Waals surface area (Å²) in [5.74, 6) is 0.348. The number of nitrogens with zero attached hydrogens (tertiary/aromatic N) is 4. The monoisotopic (exact) mass is 438 g/mol. The van der Waals surface area contributed by atoms with Gasteiger partial charge in [0.15, 0.2) is 23.9 Å². The van der Waals surface area contributed by atoms with Crippen LogP contribution in [-0.4, -0.2) is 32.8 Å². The van der Waals surface area contributed by atoms with E-state index in [2.05, 4.69) is 15.1 Å². The summed E-state index contributed by atoms with van der Waals surface area (Å²) in [7, 11) is 1.60. The lowest BCUT2D eigenvalue weighted by molar-refractivity contribution is 0.0443. The molecule has 32 heavy (non-hydrogen) atoms. The summed E-state index contributed by atoms with van der Waals surface area (Å²) in [5.41, 5.74) is 1.11. The molecule has 0 aliphatic rings. The third-order valence-corrected chi connectivity index (χ3v) is 4.35. The molecule has 1 aromatic carbocycles. The first-order valence-corrected chi connectivity index (χ1v) is 9.41. The second-order valence-electron chi connectivity index (χ2n) is 6.54. The molecular formula is C21H18N4O7. The molecule has 4 aromatic rings. The van der Waals surface area contributed by atoms with Gasteiger partial charge in [0, 0.05) is 6.20 Å². The summed E-state index contributed by atoms with van der Waals surface area (Å²) in [6.07, 6.45) is 5.75. The lowest BCUT2D eigenvalue weighted by Gasteiger charge is -2.07. The highest BCUT2D eigenvalue weighted by molar-refractivity contribution is 5.88. The Morgan fingerprint density at radius 2 is 1.91 bits per heavy atom. The quantitative estimate of drug-likeness (QED) is 0.378. The largest absolute Gasteiger partial charge is 0.519 e. The number of carbonyl (C=O) groups is 1. The van der Waals surface area contributed by atoms with Crippen LogP contribution in [0.4, 0.5) is 0 Å². The molecule has 11 nitrogen and oxygen atoms in total. The second-order valence-corrected chi connectivity index (χ2v) is 6.54. The number of benzene rings is 1. The Hall–Kier alpha value is -4.41. The molecule has 0 bridgehead atoms. The fourth-order valence-corrected chi connectivity index (χ4v) is 2.69. The van der Waals surface area contributed by atoms with Gasteiger partial charge in [-0.15, -0.1) is 0 Å². The molecule has 0 unspecified atom stereocenters. The Balaban J connectivity index is 1.35. The fraction of sp³-hybridized carbons (Fsp3) is 0.190. The molecule has 0 aliphatic carbocycles. The highest BCUT2D eigenvalue weighted by Gasteiger charge is 2.15. The van der Waals surface area contributed by atoms with E-state index in [1.807, 2.05) is 24.3 Å². The molecule has 4 rings (SSSR count). The van der Waals surface area contributed by atoms with Gasteiger partial charge in [0.25, 0.3) is 5.95 Å². The van der Waals surface area contributed by atoms with Crippen molar-refractivity contribution in [2.45, 2.75) is 20.1 Å². The van der Waals surface area contributed by atoms with Gasteiger partial charge in [-0.05, 0) is 24.6 Å². The summed E-state index contributed by atoms with van der Waals surface area (Å²) < 4.78 is 26.8. The van der Waals surface area contributed by atoms with E-state index in [1.165, 1.54) is 36.4 Å². The standard InChI is InChI=1S/C21H18N4O7/c1-13-18(32-21(27)31-13)12-30-19(26)15-7-24-25(10-15)20-22-8-17(9-23-20)29-11-14-4-3-5-16(6-14)28-2/h3-10H,11-12H2,1-2H3. The SMILES string of the molecule is COc1cccc(COc2cnc(-n3cc(C(=O)OCc4oc(=O)oc4C)cn3)nc2)c1. The van der Waals surface area contributed by atoms with E-state index in [4.69, 9.17) is 23.0 Å². The molecule has 0 spiro atoms. The molecule has 0 radical (unpaired) electrons. The summed E-state index contributed by atoms with van der Waals surface area (Å²) in [6, 6.07) is 7.53. The molecule has 11 heteroatoms. The minimum atomic E-state index is -0.852. The Kier molecular flexibility index (Phi) is 5.97. The number of rotatable bonds is 8. The van der Waals surface area contributed by atoms with Crippen molar-refractivity contribution in [2.24, 2.45) is 0 Å². The second kappa shape index (κ2) is 9.16. The topological polar surface area (TPSA) is 132 Å². The summed E-state index contributed by atoms with van der Waals surface area (Å²) in [6.45, 7) is 1.62. The van der Waals surface area contributed by atoms with Gasteiger partial charge in [0.2, 0.25) is 0 Å². The molecule has 0 saturated heterocycles. The third kappa shape index (κ3) is 4.83. The van der Waals surface area contributed by atoms with Crippen molar-refractivity contribution in [3.8, 4) is 17.4 Å². The summed E-state index contributed by atoms with van der Waals surface area (Å²) in [4.78, 5) is 31.6. The molecule has 0 N–H and O–H groups in total. The molecule has 3 aromatic heterocycles. The summed E-state index contributed by atoms with van der Waals surface area (Å²) in [5, 5.41) is 4.07. The Labute approximate surface area is 181 Å². The van der Waals surface area contributed by atoms with Gasteiger partial charge in [-0.25, -0.2) is 24.2 Å². The zero-order chi connectivity index (χ0) is 22.5. The Bertz CT molecular complexity index is 1270. The first kappa shape index (κ1) is 20.8. The van der Waals surface area contributed by atoms with E-state index in [0.717, 1.165) is 11.3 Å². The lowest BCUT2D eigenvalue weighted by Crippen LogP contribution is -2.05. The number of aryl methyl sites for hydroxylation is 1. The maximum absolute atomic E-state index is 12.2. The van der Waals surface area contributed by atoms with Crippen LogP contribution < -0.4 is 15.3 Å². The van der Waals surface area contributed by atoms with E-state index in [-0.39, 0.29) is 29.6 Å². The van der Waals surface area contributed by atoms with Crippen molar-refractivity contribution in [2.75, 3.05) is 7.11 Å². The molecule has 0 fully saturated rings. The molecule has 0 aliphatic heterocycles. The van der Waals surface area contributed by atoms with Gasteiger partial charge in [0.1, 0.15) is 12.4 Å². The van der Waals surface area contributed by atoms with E-state index in [9.17, 15) is 9.59 Å². The first-order valence-electron chi connectivity index (χ1n) is 9.41. The minimum Gasteiger partial charge on any atom is -0.497 e. The fourth-order valence-electron chi connectivity index (χ4n) is 2.69. The van der Waals surface area contributed by atoms with E-state index in [0.29, 0.717) is 12.4 Å². The van der Waals surface area contributed by atoms with Crippen LogP contribution in [0, 0.1) is 6.92 Å². The number of methoxy groups -OCH3 is 1. The highest BCUT2D eigenvalue weighted by atomic mass is 16.6. The maximum Gasteiger partial charge on any atom is 0.519 e. The Morgan fingerprint density at radius 1 is 1.09 bits per heavy atom. The van der Waals surface area contributed by atoms with E-state index < -0.39 is 11.8 Å². The molecule has 0 atom stereocenters. The molecule has 164 valence electrons. The van der Waals surface area contributed by atoms with Crippen LogP contribution in [0.15, 0.2) is 62.7 Å². The predicted octanol–water partition coefficient (Wildman–Crippen LogP) is 2.46. The number of aromatic nitrogens is 4. The van der Waals surface area contributed by atoms with Crippen LogP contribution in [-0.2, 0) is 18.0 Å². The van der Waals surface area contributed by atoms with Crippen LogP contribution in [0.2, 0.25) is 0 Å². The first-order chi connectivity index (χ1) is 15.5. The normalized spacial score (nSPS) is 10.7. The van der Waals surface area contributed by atoms with Crippen molar-refractivity contribution < 1.29 is 27.8 Å². The van der Waals surface area contributed by atoms with E-state index >= 15 is 0 Å². The molecule has 0 amide bonds. The van der Waals surface area contributed by atoms with Crippen LogP contribution in [0.5, 0.6) is 11.5 Å². The molecule has 3 heterocycles. The number of hydrogen-bond donors (Lipinski definition) is 0. The van der Waals surface area contributed by atoms with Gasteiger partial charge in [-0.2, -0.15) is 5.10 Å². The van der Waals surface area contributed by atoms with Crippen LogP contribution in [0.1, 0.15) is 27.4 Å². The van der Waals surface area contributed by atoms with Crippen molar-refractivity contribution in [3.05, 3.63) is 82.3 Å². The number of esters is 1. The number of carbonyl (C=O) groups excluding carboxylic acids is 1. The molecular weight excluding hydrogens is 420 g/mol. The van der Waals surface area contributed by atoms with Crippen LogP contribution in [0.3, 0.4) is 0 Å². The average molecular weight is 438 g/mol. The number of hydrogen-bond acceptors (Lipinski definition) is 10. The smallest absolute Gasteiger partial charge is 0.497 e. The third-order valence-electron chi connectivity index (χ3n) is 4.35. The van der Waals surface area contributed by atoms with Gasteiger partial charge in [-0.3, -0.25) is 0 Å². The average Bonchev–Trinajstić information content (AvgIpc) is 3.43.